The minimum atomic E-state index is -0.0313. The standard InChI is InChI=1S/C12H12BrClN4/c1-6-11(13)7(2)18(17-6)10-4-3-8(14)5-9(10)12(15)16/h3-5H,1-2H3,(H3,15,16). The Morgan fingerprint density at radius 2 is 2.11 bits per heavy atom. The Balaban J connectivity index is 2.71. The number of nitrogens with one attached hydrogen (secondary N) is 1. The fraction of sp³-hybridized carbons (Fsp3) is 0.167. The van der Waals surface area contributed by atoms with Crippen LogP contribution in [-0.2, 0) is 0 Å². The molecule has 0 unspecified atom stereocenters. The predicted octanol–water partition coefficient (Wildman–Crippen LogP) is 3.19. The lowest BCUT2D eigenvalue weighted by molar-refractivity contribution is 0.831. The van der Waals surface area contributed by atoms with Crippen LogP contribution in [0.25, 0.3) is 5.69 Å². The van der Waals surface area contributed by atoms with Crippen molar-refractivity contribution in [3.05, 3.63) is 44.6 Å². The molecule has 0 aliphatic heterocycles. The first kappa shape index (κ1) is 13.1. The van der Waals surface area contributed by atoms with Crippen LogP contribution in [0.1, 0.15) is 17.0 Å². The summed E-state index contributed by atoms with van der Waals surface area (Å²) in [6.45, 7) is 3.86. The van der Waals surface area contributed by atoms with Gasteiger partial charge < -0.3 is 5.73 Å². The van der Waals surface area contributed by atoms with E-state index in [1.54, 1.807) is 16.8 Å². The third-order valence-electron chi connectivity index (χ3n) is 2.68. The molecule has 1 aromatic carbocycles. The lowest BCUT2D eigenvalue weighted by atomic mass is 10.1. The Bertz CT molecular complexity index is 633. The van der Waals surface area contributed by atoms with Gasteiger partial charge in [0.2, 0.25) is 0 Å². The van der Waals surface area contributed by atoms with Gasteiger partial charge >= 0.3 is 0 Å². The van der Waals surface area contributed by atoms with E-state index in [9.17, 15) is 0 Å². The Morgan fingerprint density at radius 1 is 1.44 bits per heavy atom. The molecule has 4 nitrogen and oxygen atoms in total. The molecular formula is C12H12BrClN4. The number of hydrogen-bond acceptors (Lipinski definition) is 2. The van der Waals surface area contributed by atoms with Gasteiger partial charge in [-0.05, 0) is 48.0 Å². The van der Waals surface area contributed by atoms with Crippen LogP contribution in [0, 0.1) is 19.3 Å². The Morgan fingerprint density at radius 3 is 2.61 bits per heavy atom. The summed E-state index contributed by atoms with van der Waals surface area (Å²) >= 11 is 9.41. The third-order valence-corrected chi connectivity index (χ3v) is 4.06. The number of amidine groups is 1. The predicted molar refractivity (Wildman–Crippen MR) is 76.8 cm³/mol. The smallest absolute Gasteiger partial charge is 0.125 e. The van der Waals surface area contributed by atoms with Crippen molar-refractivity contribution in [2.75, 3.05) is 0 Å². The summed E-state index contributed by atoms with van der Waals surface area (Å²) < 4.78 is 2.71. The Hall–Kier alpha value is -1.33. The first-order chi connectivity index (χ1) is 8.41. The molecule has 0 spiro atoms. The molecule has 2 rings (SSSR count). The van der Waals surface area contributed by atoms with Gasteiger partial charge in [-0.15, -0.1) is 0 Å². The summed E-state index contributed by atoms with van der Waals surface area (Å²) in [5, 5.41) is 12.6. The van der Waals surface area contributed by atoms with Crippen LogP contribution in [0.3, 0.4) is 0 Å². The summed E-state index contributed by atoms with van der Waals surface area (Å²) in [6, 6.07) is 5.24. The van der Waals surface area contributed by atoms with E-state index in [-0.39, 0.29) is 5.84 Å². The molecule has 18 heavy (non-hydrogen) atoms. The number of aryl methyl sites for hydroxylation is 1. The molecule has 0 atom stereocenters. The molecule has 0 saturated heterocycles. The second-order valence-electron chi connectivity index (χ2n) is 3.97. The van der Waals surface area contributed by atoms with Crippen molar-refractivity contribution in [1.29, 1.82) is 5.41 Å². The van der Waals surface area contributed by atoms with Gasteiger partial charge in [-0.25, -0.2) is 4.68 Å². The Kier molecular flexibility index (Phi) is 3.45. The normalized spacial score (nSPS) is 10.7. The number of aromatic nitrogens is 2. The molecule has 0 radical (unpaired) electrons. The number of nitrogens with two attached hydrogens (primary N) is 1. The van der Waals surface area contributed by atoms with E-state index in [0.717, 1.165) is 21.5 Å². The van der Waals surface area contributed by atoms with Crippen LogP contribution in [-0.4, -0.2) is 15.6 Å². The van der Waals surface area contributed by atoms with Crippen LogP contribution in [0.4, 0.5) is 0 Å². The zero-order valence-corrected chi connectivity index (χ0v) is 12.3. The van der Waals surface area contributed by atoms with E-state index in [4.69, 9.17) is 22.7 Å². The van der Waals surface area contributed by atoms with E-state index in [1.165, 1.54) is 0 Å². The number of halogens is 2. The summed E-state index contributed by atoms with van der Waals surface area (Å²) in [4.78, 5) is 0. The number of benzene rings is 1. The highest BCUT2D eigenvalue weighted by molar-refractivity contribution is 9.10. The largest absolute Gasteiger partial charge is 0.384 e. The van der Waals surface area contributed by atoms with Gasteiger partial charge in [0.15, 0.2) is 0 Å². The molecule has 0 aliphatic rings. The molecule has 0 amide bonds. The minimum Gasteiger partial charge on any atom is -0.384 e. The SMILES string of the molecule is Cc1nn(-c2ccc(Cl)cc2C(=N)N)c(C)c1Br. The molecule has 2 aromatic rings. The zero-order chi connectivity index (χ0) is 13.4. The fourth-order valence-corrected chi connectivity index (χ4v) is 2.19. The molecule has 0 saturated carbocycles. The highest BCUT2D eigenvalue weighted by atomic mass is 79.9. The third kappa shape index (κ3) is 2.15. The fourth-order valence-electron chi connectivity index (χ4n) is 1.77. The molecule has 0 bridgehead atoms. The molecule has 6 heteroatoms. The molecular weight excluding hydrogens is 316 g/mol. The minimum absolute atomic E-state index is 0.0313. The maximum Gasteiger partial charge on any atom is 0.125 e. The zero-order valence-electron chi connectivity index (χ0n) is 9.96. The Labute approximate surface area is 118 Å². The van der Waals surface area contributed by atoms with Crippen LogP contribution in [0.5, 0.6) is 0 Å². The lowest BCUT2D eigenvalue weighted by Gasteiger charge is -2.10. The monoisotopic (exact) mass is 326 g/mol. The first-order valence-electron chi connectivity index (χ1n) is 5.28. The molecule has 1 aromatic heterocycles. The highest BCUT2D eigenvalue weighted by Crippen LogP contribution is 2.26. The average molecular weight is 328 g/mol. The highest BCUT2D eigenvalue weighted by Gasteiger charge is 2.14. The van der Waals surface area contributed by atoms with Gasteiger partial charge in [0.05, 0.1) is 21.5 Å². The topological polar surface area (TPSA) is 67.7 Å². The summed E-state index contributed by atoms with van der Waals surface area (Å²) in [7, 11) is 0. The van der Waals surface area contributed by atoms with Crippen molar-refractivity contribution in [3.63, 3.8) is 0 Å². The second kappa shape index (κ2) is 4.74. The van der Waals surface area contributed by atoms with Crippen molar-refractivity contribution in [3.8, 4) is 5.69 Å². The maximum absolute atomic E-state index is 7.62. The van der Waals surface area contributed by atoms with Crippen LogP contribution in [0.15, 0.2) is 22.7 Å². The van der Waals surface area contributed by atoms with E-state index in [2.05, 4.69) is 21.0 Å². The van der Waals surface area contributed by atoms with Gasteiger partial charge in [-0.2, -0.15) is 5.10 Å². The quantitative estimate of drug-likeness (QED) is 0.657. The lowest BCUT2D eigenvalue weighted by Crippen LogP contribution is -2.15. The van der Waals surface area contributed by atoms with Gasteiger partial charge in [-0.1, -0.05) is 11.6 Å². The maximum atomic E-state index is 7.62. The van der Waals surface area contributed by atoms with Crippen LogP contribution in [0.2, 0.25) is 5.02 Å². The van der Waals surface area contributed by atoms with E-state index >= 15 is 0 Å². The van der Waals surface area contributed by atoms with Crippen LogP contribution < -0.4 is 5.73 Å². The summed E-state index contributed by atoms with van der Waals surface area (Å²) in [5.74, 6) is -0.0313. The molecule has 0 aliphatic carbocycles. The van der Waals surface area contributed by atoms with Gasteiger partial charge in [0, 0.05) is 10.6 Å². The van der Waals surface area contributed by atoms with Crippen molar-refractivity contribution in [2.45, 2.75) is 13.8 Å². The number of rotatable bonds is 2. The second-order valence-corrected chi connectivity index (χ2v) is 5.20. The summed E-state index contributed by atoms with van der Waals surface area (Å²) in [6.07, 6.45) is 0. The molecule has 0 fully saturated rings. The van der Waals surface area contributed by atoms with Crippen molar-refractivity contribution in [2.24, 2.45) is 5.73 Å². The van der Waals surface area contributed by atoms with Crippen molar-refractivity contribution >= 4 is 33.4 Å². The van der Waals surface area contributed by atoms with Crippen molar-refractivity contribution in [1.82, 2.24) is 9.78 Å². The van der Waals surface area contributed by atoms with Gasteiger partial charge in [0.25, 0.3) is 0 Å². The molecule has 94 valence electrons. The van der Waals surface area contributed by atoms with Crippen LogP contribution >= 0.6 is 27.5 Å². The van der Waals surface area contributed by atoms with E-state index in [1.807, 2.05) is 19.9 Å². The number of nitrogen functional groups attached to an aromatic ring is 1. The number of hydrogen-bond donors (Lipinski definition) is 2. The molecule has 1 heterocycles. The summed E-state index contributed by atoms with van der Waals surface area (Å²) in [5.41, 5.74) is 8.75. The average Bonchev–Trinajstić information content (AvgIpc) is 2.57. The van der Waals surface area contributed by atoms with Gasteiger partial charge in [-0.3, -0.25) is 5.41 Å². The van der Waals surface area contributed by atoms with E-state index < -0.39 is 0 Å². The van der Waals surface area contributed by atoms with E-state index in [0.29, 0.717) is 10.6 Å². The van der Waals surface area contributed by atoms with Crippen molar-refractivity contribution < 1.29 is 0 Å². The first-order valence-corrected chi connectivity index (χ1v) is 6.45. The number of nitrogens with zero attached hydrogens (tertiary/aromatic N) is 2. The van der Waals surface area contributed by atoms with Gasteiger partial charge in [0.1, 0.15) is 5.84 Å². The molecule has 3 N–H and O–H groups in total.